The zero-order valence-corrected chi connectivity index (χ0v) is 11.5. The van der Waals surface area contributed by atoms with Crippen LogP contribution in [0.2, 0.25) is 0 Å². The van der Waals surface area contributed by atoms with Gasteiger partial charge in [-0.25, -0.2) is 0 Å². The second-order valence-electron chi connectivity index (χ2n) is 3.44. The second-order valence-corrected chi connectivity index (χ2v) is 4.35. The Labute approximate surface area is 116 Å². The lowest BCUT2D eigenvalue weighted by Gasteiger charge is -2.13. The van der Waals surface area contributed by atoms with Crippen LogP contribution in [0.1, 0.15) is 10.4 Å². The van der Waals surface area contributed by atoms with Gasteiger partial charge >= 0.3 is 6.36 Å². The van der Waals surface area contributed by atoms with Crippen molar-refractivity contribution in [3.63, 3.8) is 0 Å². The Morgan fingerprint density at radius 1 is 1.42 bits per heavy atom. The van der Waals surface area contributed by atoms with Crippen LogP contribution >= 0.6 is 15.9 Å². The molecule has 0 spiro atoms. The lowest BCUT2D eigenvalue weighted by atomic mass is 10.2. The molecule has 0 radical (unpaired) electrons. The second kappa shape index (κ2) is 6.76. The minimum Gasteiger partial charge on any atom is -0.405 e. The molecule has 0 saturated carbocycles. The van der Waals surface area contributed by atoms with Gasteiger partial charge in [-0.2, -0.15) is 0 Å². The number of halogens is 4. The number of benzene rings is 1. The zero-order chi connectivity index (χ0) is 14.5. The van der Waals surface area contributed by atoms with Gasteiger partial charge in [-0.15, -0.1) is 13.2 Å². The number of hydrogen-bond donors (Lipinski definition) is 1. The fourth-order valence-electron chi connectivity index (χ4n) is 1.25. The molecule has 8 heteroatoms. The molecule has 1 rings (SSSR count). The SMILES string of the molecule is COCCNC(=O)c1ccc(Br)cc1OC(F)(F)F. The fraction of sp³-hybridized carbons (Fsp3) is 0.364. The monoisotopic (exact) mass is 341 g/mol. The van der Waals surface area contributed by atoms with E-state index < -0.39 is 18.0 Å². The summed E-state index contributed by atoms with van der Waals surface area (Å²) in [6.45, 7) is 0.453. The van der Waals surface area contributed by atoms with Gasteiger partial charge in [-0.3, -0.25) is 4.79 Å². The van der Waals surface area contributed by atoms with E-state index >= 15 is 0 Å². The van der Waals surface area contributed by atoms with Crippen molar-refractivity contribution >= 4 is 21.8 Å². The van der Waals surface area contributed by atoms with Crippen molar-refractivity contribution in [2.45, 2.75) is 6.36 Å². The van der Waals surface area contributed by atoms with Crippen molar-refractivity contribution < 1.29 is 27.4 Å². The van der Waals surface area contributed by atoms with Crippen molar-refractivity contribution in [1.29, 1.82) is 0 Å². The van der Waals surface area contributed by atoms with E-state index in [1.807, 2.05) is 0 Å². The van der Waals surface area contributed by atoms with Gasteiger partial charge in [0.1, 0.15) is 5.75 Å². The molecule has 0 aliphatic carbocycles. The average Bonchev–Trinajstić information content (AvgIpc) is 2.27. The molecule has 0 aliphatic rings. The van der Waals surface area contributed by atoms with Crippen LogP contribution in [0.4, 0.5) is 13.2 Å². The highest BCUT2D eigenvalue weighted by atomic mass is 79.9. The number of amides is 1. The molecule has 1 N–H and O–H groups in total. The molecule has 106 valence electrons. The summed E-state index contributed by atoms with van der Waals surface area (Å²) in [6.07, 6.45) is -4.86. The van der Waals surface area contributed by atoms with Crippen molar-refractivity contribution in [3.05, 3.63) is 28.2 Å². The van der Waals surface area contributed by atoms with Gasteiger partial charge in [0.2, 0.25) is 0 Å². The Balaban J connectivity index is 2.90. The molecule has 0 unspecified atom stereocenters. The molecule has 19 heavy (non-hydrogen) atoms. The summed E-state index contributed by atoms with van der Waals surface area (Å²) in [5.41, 5.74) is -0.198. The third-order valence-electron chi connectivity index (χ3n) is 2.01. The van der Waals surface area contributed by atoms with Gasteiger partial charge in [-0.1, -0.05) is 15.9 Å². The van der Waals surface area contributed by atoms with Crippen LogP contribution in [0.15, 0.2) is 22.7 Å². The maximum absolute atomic E-state index is 12.2. The van der Waals surface area contributed by atoms with Crippen LogP contribution < -0.4 is 10.1 Å². The molecular weight excluding hydrogens is 331 g/mol. The quantitative estimate of drug-likeness (QED) is 0.837. The van der Waals surface area contributed by atoms with Gasteiger partial charge in [0.15, 0.2) is 0 Å². The largest absolute Gasteiger partial charge is 0.573 e. The highest BCUT2D eigenvalue weighted by molar-refractivity contribution is 9.10. The fourth-order valence-corrected chi connectivity index (χ4v) is 1.59. The summed E-state index contributed by atoms with van der Waals surface area (Å²) >= 11 is 3.02. The summed E-state index contributed by atoms with van der Waals surface area (Å²) in [6, 6.07) is 3.78. The number of hydrogen-bond acceptors (Lipinski definition) is 3. The van der Waals surface area contributed by atoms with Crippen molar-refractivity contribution in [2.24, 2.45) is 0 Å². The predicted molar refractivity (Wildman–Crippen MR) is 65.0 cm³/mol. The molecule has 0 fully saturated rings. The standard InChI is InChI=1S/C11H11BrF3NO3/c1-18-5-4-16-10(17)8-3-2-7(12)6-9(8)19-11(13,14)15/h2-3,6H,4-5H2,1H3,(H,16,17). The van der Waals surface area contributed by atoms with E-state index in [-0.39, 0.29) is 18.7 Å². The molecule has 0 aliphatic heterocycles. The van der Waals surface area contributed by atoms with E-state index in [9.17, 15) is 18.0 Å². The number of ether oxygens (including phenoxy) is 2. The molecule has 1 amide bonds. The van der Waals surface area contributed by atoms with E-state index in [0.29, 0.717) is 4.47 Å². The van der Waals surface area contributed by atoms with Crippen LogP contribution in [-0.4, -0.2) is 32.5 Å². The molecule has 1 aromatic carbocycles. The van der Waals surface area contributed by atoms with E-state index in [2.05, 4.69) is 26.0 Å². The Morgan fingerprint density at radius 2 is 2.11 bits per heavy atom. The molecule has 4 nitrogen and oxygen atoms in total. The third kappa shape index (κ3) is 5.48. The Hall–Kier alpha value is -1.28. The number of nitrogens with one attached hydrogen (secondary N) is 1. The first-order chi connectivity index (χ1) is 8.83. The van der Waals surface area contributed by atoms with Crippen molar-refractivity contribution in [3.8, 4) is 5.75 Å². The highest BCUT2D eigenvalue weighted by Gasteiger charge is 2.33. The summed E-state index contributed by atoms with van der Waals surface area (Å²) in [5, 5.41) is 2.42. The molecule has 0 saturated heterocycles. The first-order valence-electron chi connectivity index (χ1n) is 5.16. The number of carbonyl (C=O) groups excluding carboxylic acids is 1. The lowest BCUT2D eigenvalue weighted by Crippen LogP contribution is -2.28. The smallest absolute Gasteiger partial charge is 0.405 e. The maximum Gasteiger partial charge on any atom is 0.573 e. The van der Waals surface area contributed by atoms with Crippen LogP contribution in [0.5, 0.6) is 5.75 Å². The summed E-state index contributed by atoms with van der Waals surface area (Å²) in [5.74, 6) is -1.22. The van der Waals surface area contributed by atoms with E-state index in [1.165, 1.54) is 19.2 Å². The van der Waals surface area contributed by atoms with Crippen LogP contribution in [0.3, 0.4) is 0 Å². The summed E-state index contributed by atoms with van der Waals surface area (Å²) in [7, 11) is 1.45. The Kier molecular flexibility index (Phi) is 5.61. The van der Waals surface area contributed by atoms with E-state index in [4.69, 9.17) is 4.74 Å². The van der Waals surface area contributed by atoms with Gasteiger partial charge < -0.3 is 14.8 Å². The zero-order valence-electron chi connectivity index (χ0n) is 9.88. The molecule has 0 atom stereocenters. The topological polar surface area (TPSA) is 47.6 Å². The third-order valence-corrected chi connectivity index (χ3v) is 2.50. The number of rotatable bonds is 5. The normalized spacial score (nSPS) is 11.2. The average molecular weight is 342 g/mol. The minimum atomic E-state index is -4.86. The predicted octanol–water partition coefficient (Wildman–Crippen LogP) is 2.72. The summed E-state index contributed by atoms with van der Waals surface area (Å²) < 4.78 is 45.6. The van der Waals surface area contributed by atoms with Crippen molar-refractivity contribution in [2.75, 3.05) is 20.3 Å². The van der Waals surface area contributed by atoms with E-state index in [0.717, 1.165) is 6.07 Å². The number of alkyl halides is 3. The molecule has 0 heterocycles. The molecule has 1 aromatic rings. The maximum atomic E-state index is 12.2. The molecule has 0 aromatic heterocycles. The van der Waals surface area contributed by atoms with Gasteiger partial charge in [0, 0.05) is 18.1 Å². The Morgan fingerprint density at radius 3 is 2.68 bits per heavy atom. The van der Waals surface area contributed by atoms with Gasteiger partial charge in [-0.05, 0) is 18.2 Å². The van der Waals surface area contributed by atoms with Crippen LogP contribution in [-0.2, 0) is 4.74 Å². The highest BCUT2D eigenvalue weighted by Crippen LogP contribution is 2.29. The number of methoxy groups -OCH3 is 1. The lowest BCUT2D eigenvalue weighted by molar-refractivity contribution is -0.274. The number of carbonyl (C=O) groups is 1. The van der Waals surface area contributed by atoms with E-state index in [1.54, 1.807) is 0 Å². The first kappa shape index (κ1) is 15.8. The first-order valence-corrected chi connectivity index (χ1v) is 5.95. The molecular formula is C11H11BrF3NO3. The minimum absolute atomic E-state index is 0.191. The summed E-state index contributed by atoms with van der Waals surface area (Å²) in [4.78, 5) is 11.7. The van der Waals surface area contributed by atoms with Gasteiger partial charge in [0.05, 0.1) is 12.2 Å². The van der Waals surface area contributed by atoms with Gasteiger partial charge in [0.25, 0.3) is 5.91 Å². The van der Waals surface area contributed by atoms with Crippen molar-refractivity contribution in [1.82, 2.24) is 5.32 Å². The van der Waals surface area contributed by atoms with Crippen LogP contribution in [0.25, 0.3) is 0 Å². The molecule has 0 bridgehead atoms. The Bertz CT molecular complexity index is 451. The van der Waals surface area contributed by atoms with Crippen LogP contribution in [0, 0.1) is 0 Å².